The van der Waals surface area contributed by atoms with Crippen LogP contribution in [0.1, 0.15) is 38.4 Å². The van der Waals surface area contributed by atoms with Gasteiger partial charge in [-0.3, -0.25) is 10.7 Å². The normalized spacial score (nSPS) is 17.0. The summed E-state index contributed by atoms with van der Waals surface area (Å²) in [5.74, 6) is 0.117. The zero-order valence-electron chi connectivity index (χ0n) is 18.6. The number of nitrogens with one attached hydrogen (secondary N) is 1. The summed E-state index contributed by atoms with van der Waals surface area (Å²) >= 11 is 0. The molecule has 172 valence electrons. The van der Waals surface area contributed by atoms with Crippen LogP contribution in [-0.4, -0.2) is 38.1 Å². The summed E-state index contributed by atoms with van der Waals surface area (Å²) in [6.45, 7) is 8.14. The molecule has 2 unspecified atom stereocenters. The Kier molecular flexibility index (Phi) is 7.00. The topological polar surface area (TPSA) is 116 Å². The molecular weight excluding hydrogens is 416 g/mol. The summed E-state index contributed by atoms with van der Waals surface area (Å²) in [6.07, 6.45) is 1.58. The van der Waals surface area contributed by atoms with E-state index in [1.807, 2.05) is 13.8 Å². The van der Waals surface area contributed by atoms with Crippen LogP contribution < -0.4 is 15.0 Å². The maximum absolute atomic E-state index is 12.9. The van der Waals surface area contributed by atoms with Gasteiger partial charge in [0, 0.05) is 17.6 Å². The first kappa shape index (κ1) is 23.5. The number of hydrogen-bond donors (Lipinski definition) is 2. The maximum atomic E-state index is 12.9. The van der Waals surface area contributed by atoms with E-state index in [1.165, 1.54) is 26.4 Å². The minimum atomic E-state index is -0.838. The van der Waals surface area contributed by atoms with Gasteiger partial charge in [0.15, 0.2) is 6.10 Å². The van der Waals surface area contributed by atoms with Crippen LogP contribution in [0, 0.1) is 10.3 Å². The largest absolute Gasteiger partial charge is 0.496 e. The smallest absolute Gasteiger partial charge is 0.335 e. The first-order valence-corrected chi connectivity index (χ1v) is 10.2. The fourth-order valence-corrected chi connectivity index (χ4v) is 3.92. The molecule has 0 spiro atoms. The van der Waals surface area contributed by atoms with E-state index in [2.05, 4.69) is 17.2 Å². The molecule has 0 aliphatic carbocycles. The second-order valence-corrected chi connectivity index (χ2v) is 8.13. The maximum Gasteiger partial charge on any atom is 0.335 e. The second-order valence-electron chi connectivity index (χ2n) is 8.13. The molecule has 0 bridgehead atoms. The molecule has 1 aliphatic heterocycles. The zero-order chi connectivity index (χ0) is 23.5. The van der Waals surface area contributed by atoms with Crippen molar-refractivity contribution in [1.29, 1.82) is 0 Å². The predicted octanol–water partition coefficient (Wildman–Crippen LogP) is 5.03. The van der Waals surface area contributed by atoms with E-state index in [9.17, 15) is 14.9 Å². The summed E-state index contributed by atoms with van der Waals surface area (Å²) in [7, 11) is 2.90. The standard InChI is InChI=1S/C23H28N2O7/c1-6-23(2,3)21(32-22(26)16-8-7-11-31-16)13-12-17(29-4)18-14(24-27)9-10-15(25-28)19(18)20(13)30-5/h6,9-10,12,16,21,24,27H,1,7-8,11H2,2-5H3. The Morgan fingerprint density at radius 2 is 2.09 bits per heavy atom. The SMILES string of the molecule is C=CC(C)(C)C(OC(=O)C1CCCO1)c1cc(OC)c2c(NO)ccc(N=O)c2c1OC. The summed E-state index contributed by atoms with van der Waals surface area (Å²) in [5, 5.41) is 13.4. The Bertz CT molecular complexity index is 1030. The number of anilines is 1. The number of ether oxygens (including phenoxy) is 4. The second kappa shape index (κ2) is 9.54. The number of hydrogen-bond acceptors (Lipinski definition) is 9. The van der Waals surface area contributed by atoms with Crippen LogP contribution in [-0.2, 0) is 14.3 Å². The Hall–Kier alpha value is -3.17. The Balaban J connectivity index is 2.30. The molecule has 9 nitrogen and oxygen atoms in total. The lowest BCUT2D eigenvalue weighted by atomic mass is 9.81. The third-order valence-electron chi connectivity index (χ3n) is 5.76. The van der Waals surface area contributed by atoms with E-state index in [4.69, 9.17) is 18.9 Å². The van der Waals surface area contributed by atoms with Gasteiger partial charge >= 0.3 is 5.97 Å². The molecule has 1 saturated heterocycles. The minimum absolute atomic E-state index is 0.0802. The van der Waals surface area contributed by atoms with Crippen LogP contribution in [0.2, 0.25) is 0 Å². The number of fused-ring (bicyclic) bond motifs is 1. The molecule has 2 atom stereocenters. The predicted molar refractivity (Wildman–Crippen MR) is 120 cm³/mol. The fraction of sp³-hybridized carbons (Fsp3) is 0.435. The highest BCUT2D eigenvalue weighted by Gasteiger charge is 2.38. The van der Waals surface area contributed by atoms with E-state index < -0.39 is 23.6 Å². The van der Waals surface area contributed by atoms with Crippen molar-refractivity contribution in [1.82, 2.24) is 0 Å². The van der Waals surface area contributed by atoms with Crippen molar-refractivity contribution in [3.63, 3.8) is 0 Å². The molecule has 0 amide bonds. The minimum Gasteiger partial charge on any atom is -0.496 e. The van der Waals surface area contributed by atoms with Gasteiger partial charge in [-0.1, -0.05) is 19.9 Å². The summed E-state index contributed by atoms with van der Waals surface area (Å²) < 4.78 is 22.7. The van der Waals surface area contributed by atoms with Crippen LogP contribution in [0.3, 0.4) is 0 Å². The summed E-state index contributed by atoms with van der Waals surface area (Å²) in [6, 6.07) is 4.62. The number of nitrogens with zero attached hydrogens (tertiary/aromatic N) is 1. The third-order valence-corrected chi connectivity index (χ3v) is 5.76. The molecule has 2 aromatic rings. The number of carbonyl (C=O) groups excluding carboxylic acids is 1. The van der Waals surface area contributed by atoms with Crippen molar-refractivity contribution in [2.24, 2.45) is 10.6 Å². The average molecular weight is 444 g/mol. The molecular formula is C23H28N2O7. The highest BCUT2D eigenvalue weighted by Crippen LogP contribution is 2.51. The molecule has 0 radical (unpaired) electrons. The Morgan fingerprint density at radius 1 is 1.34 bits per heavy atom. The van der Waals surface area contributed by atoms with Gasteiger partial charge in [0.05, 0.1) is 30.7 Å². The number of esters is 1. The van der Waals surface area contributed by atoms with Crippen molar-refractivity contribution >= 4 is 28.1 Å². The van der Waals surface area contributed by atoms with E-state index in [1.54, 1.807) is 12.1 Å². The van der Waals surface area contributed by atoms with Gasteiger partial charge in [-0.15, -0.1) is 11.5 Å². The number of carbonyl (C=O) groups is 1. The van der Waals surface area contributed by atoms with Crippen LogP contribution in [0.15, 0.2) is 36.0 Å². The Labute approximate surface area is 186 Å². The molecule has 1 fully saturated rings. The highest BCUT2D eigenvalue weighted by molar-refractivity contribution is 6.08. The lowest BCUT2D eigenvalue weighted by Crippen LogP contribution is -2.30. The first-order valence-electron chi connectivity index (χ1n) is 10.2. The molecule has 1 heterocycles. The van der Waals surface area contributed by atoms with E-state index in [0.29, 0.717) is 40.8 Å². The van der Waals surface area contributed by atoms with Gasteiger partial charge in [0.2, 0.25) is 0 Å². The molecule has 1 aliphatic rings. The first-order chi connectivity index (χ1) is 15.3. The van der Waals surface area contributed by atoms with Gasteiger partial charge in [-0.25, -0.2) is 4.79 Å². The highest BCUT2D eigenvalue weighted by atomic mass is 16.6. The molecule has 0 aromatic heterocycles. The van der Waals surface area contributed by atoms with Gasteiger partial charge in [0.25, 0.3) is 0 Å². The quantitative estimate of drug-likeness (QED) is 0.239. The molecule has 3 rings (SSSR count). The molecule has 32 heavy (non-hydrogen) atoms. The van der Waals surface area contributed by atoms with Gasteiger partial charge in [-0.05, 0) is 36.2 Å². The van der Waals surface area contributed by atoms with Gasteiger partial charge < -0.3 is 18.9 Å². The zero-order valence-corrected chi connectivity index (χ0v) is 18.6. The molecule has 9 heteroatoms. The summed E-state index contributed by atoms with van der Waals surface area (Å²) in [5.41, 5.74) is 2.23. The van der Waals surface area contributed by atoms with Crippen molar-refractivity contribution in [2.45, 2.75) is 38.9 Å². The number of methoxy groups -OCH3 is 2. The fourth-order valence-electron chi connectivity index (χ4n) is 3.92. The number of benzene rings is 2. The lowest BCUT2D eigenvalue weighted by molar-refractivity contribution is -0.165. The van der Waals surface area contributed by atoms with E-state index >= 15 is 0 Å². The van der Waals surface area contributed by atoms with Crippen molar-refractivity contribution in [2.75, 3.05) is 26.3 Å². The lowest BCUT2D eigenvalue weighted by Gasteiger charge is -2.33. The van der Waals surface area contributed by atoms with E-state index in [-0.39, 0.29) is 11.4 Å². The number of rotatable bonds is 9. The van der Waals surface area contributed by atoms with Crippen LogP contribution in [0.5, 0.6) is 11.5 Å². The number of nitroso groups, excluding NO2 is 1. The van der Waals surface area contributed by atoms with Crippen LogP contribution >= 0.6 is 0 Å². The van der Waals surface area contributed by atoms with Crippen LogP contribution in [0.25, 0.3) is 10.8 Å². The van der Waals surface area contributed by atoms with Gasteiger partial charge in [0.1, 0.15) is 23.3 Å². The third kappa shape index (κ3) is 4.13. The van der Waals surface area contributed by atoms with E-state index in [0.717, 1.165) is 6.42 Å². The van der Waals surface area contributed by atoms with Crippen molar-refractivity contribution in [3.8, 4) is 11.5 Å². The van der Waals surface area contributed by atoms with Gasteiger partial charge in [-0.2, -0.15) is 0 Å². The molecule has 0 saturated carbocycles. The van der Waals surface area contributed by atoms with Crippen LogP contribution in [0.4, 0.5) is 11.4 Å². The van der Waals surface area contributed by atoms with Crippen molar-refractivity contribution in [3.05, 3.63) is 41.3 Å². The molecule has 2 N–H and O–H groups in total. The summed E-state index contributed by atoms with van der Waals surface area (Å²) in [4.78, 5) is 24.5. The monoisotopic (exact) mass is 444 g/mol. The molecule has 2 aromatic carbocycles. The average Bonchev–Trinajstić information content (AvgIpc) is 3.35. The Morgan fingerprint density at radius 3 is 2.62 bits per heavy atom. The van der Waals surface area contributed by atoms with Crippen molar-refractivity contribution < 1.29 is 28.9 Å².